The van der Waals surface area contributed by atoms with Gasteiger partial charge in [0.2, 0.25) is 0 Å². The number of hydrogen-bond acceptors (Lipinski definition) is 23. The summed E-state index contributed by atoms with van der Waals surface area (Å²) in [7, 11) is -17.9. The van der Waals surface area contributed by atoms with Gasteiger partial charge in [-0.15, -0.1) is 15.3 Å². The van der Waals surface area contributed by atoms with Gasteiger partial charge in [-0.3, -0.25) is 9.11 Å². The molecule has 63 heavy (non-hydrogen) atoms. The maximum absolute atomic E-state index is 12.8. The van der Waals surface area contributed by atoms with Gasteiger partial charge in [0.05, 0.1) is 81.6 Å². The topological polar surface area (TPSA) is 389 Å². The number of aromatic carboxylic acids is 1. The van der Waals surface area contributed by atoms with Crippen molar-refractivity contribution in [1.29, 1.82) is 0 Å². The van der Waals surface area contributed by atoms with E-state index in [2.05, 4.69) is 44.4 Å². The molecule has 4 rings (SSSR count). The van der Waals surface area contributed by atoms with Crippen molar-refractivity contribution >= 4 is 104 Å². The highest BCUT2D eigenvalue weighted by Gasteiger charge is 2.27. The van der Waals surface area contributed by atoms with E-state index in [9.17, 15) is 43.6 Å². The minimum Gasteiger partial charge on any atom is -0.478 e. The van der Waals surface area contributed by atoms with Gasteiger partial charge in [0, 0.05) is 11.4 Å². The number of nitrogens with zero attached hydrogens (tertiary/aromatic N) is 6. The second kappa shape index (κ2) is 22.3. The van der Waals surface area contributed by atoms with Crippen molar-refractivity contribution in [3.05, 3.63) is 78.4 Å². The zero-order valence-electron chi connectivity index (χ0n) is 32.4. The quantitative estimate of drug-likeness (QED) is 0.00953. The molecule has 0 spiro atoms. The molecule has 0 aliphatic heterocycles. The van der Waals surface area contributed by atoms with Gasteiger partial charge in [0.15, 0.2) is 19.7 Å². The van der Waals surface area contributed by atoms with Crippen molar-refractivity contribution < 1.29 is 70.3 Å². The fourth-order valence-electron chi connectivity index (χ4n) is 4.72. The van der Waals surface area contributed by atoms with Crippen molar-refractivity contribution in [1.82, 2.24) is 5.32 Å². The Morgan fingerprint density at radius 2 is 1.02 bits per heavy atom. The Morgan fingerprint density at radius 3 is 1.40 bits per heavy atom. The molecule has 0 atom stereocenters. The lowest BCUT2D eigenvalue weighted by atomic mass is 10.1. The molecular weight excluding hydrogens is 939 g/mol. The van der Waals surface area contributed by atoms with Gasteiger partial charge >= 0.3 is 26.8 Å². The van der Waals surface area contributed by atoms with Gasteiger partial charge < -0.3 is 21.9 Å². The van der Waals surface area contributed by atoms with Crippen molar-refractivity contribution in [3.63, 3.8) is 0 Å². The fourth-order valence-corrected chi connectivity index (χ4v) is 8.14. The lowest BCUT2D eigenvalue weighted by Gasteiger charge is -2.13. The summed E-state index contributed by atoms with van der Waals surface area (Å²) in [6, 6.07) is 15.5. The van der Waals surface area contributed by atoms with Gasteiger partial charge in [0.25, 0.3) is 0 Å². The van der Waals surface area contributed by atoms with Crippen molar-refractivity contribution in [2.45, 2.75) is 21.6 Å². The minimum atomic E-state index is -4.88. The summed E-state index contributed by atoms with van der Waals surface area (Å²) in [6.07, 6.45) is 0. The molecule has 0 heterocycles. The van der Waals surface area contributed by atoms with Crippen LogP contribution in [0, 0.1) is 0 Å². The molecule has 0 saturated carbocycles. The Labute approximate surface area is 364 Å². The van der Waals surface area contributed by atoms with Crippen LogP contribution in [0.5, 0.6) is 0 Å². The average Bonchev–Trinajstić information content (AvgIpc) is 3.20. The molecule has 4 aromatic rings. The molecule has 4 aromatic carbocycles. The number of carboxylic acid groups (broad SMARTS) is 1. The summed E-state index contributed by atoms with van der Waals surface area (Å²) >= 11 is 0.929. The number of nitrogens with two attached hydrogens (primary N) is 2. The van der Waals surface area contributed by atoms with Gasteiger partial charge in [-0.25, -0.2) is 34.9 Å². The molecule has 0 saturated heterocycles. The van der Waals surface area contributed by atoms with E-state index in [0.717, 1.165) is 42.9 Å². The molecule has 0 aromatic heterocycles. The molecule has 8 N–H and O–H groups in total. The highest BCUT2D eigenvalue weighted by Crippen LogP contribution is 2.49. The van der Waals surface area contributed by atoms with E-state index in [1.165, 1.54) is 36.4 Å². The van der Waals surface area contributed by atoms with E-state index in [4.69, 9.17) is 29.8 Å². The molecule has 0 aliphatic rings. The number of hydrogen-bond donors (Lipinski definition) is 6. The molecule has 0 unspecified atom stereocenters. The van der Waals surface area contributed by atoms with Crippen molar-refractivity contribution in [2.24, 2.45) is 30.7 Å². The van der Waals surface area contributed by atoms with E-state index in [1.807, 2.05) is 6.92 Å². The molecular formula is C33H37N9O16S5. The first kappa shape index (κ1) is 50.3. The average molecular weight is 976 g/mol. The number of nitrogens with one attached hydrogen (secondary N) is 1. The van der Waals surface area contributed by atoms with Crippen LogP contribution in [0.3, 0.4) is 0 Å². The standard InChI is InChI=1S/C33H37N9O16S5/c1-2-36-15-16-55-58-59-24-9-3-21(4-10-24)37-40-30-27(33(43)44)31(41-38-22-5-11-25(12-6-22)60(45,46)19-17-56-62(49,50)51)29(35)32(28(30)34)42-39-23-7-13-26(14-8-23)61(47,48)20-18-57-63(52,53)54/h3-14,36H,2,15-20,34-35H2,1H3,(H,43,44)(H,49,50,51)(H,52,53,54)/b40-37?,41-38?,42-39-. The predicted octanol–water partition coefficient (Wildman–Crippen LogP) is 5.55. The van der Waals surface area contributed by atoms with Gasteiger partial charge in [-0.2, -0.15) is 36.5 Å². The molecule has 30 heteroatoms. The molecule has 0 radical (unpaired) electrons. The summed E-state index contributed by atoms with van der Waals surface area (Å²) in [4.78, 5) is 17.9. The van der Waals surface area contributed by atoms with E-state index >= 15 is 0 Å². The van der Waals surface area contributed by atoms with Gasteiger partial charge in [0.1, 0.15) is 22.6 Å². The maximum atomic E-state index is 12.8. The van der Waals surface area contributed by atoms with Crippen molar-refractivity contribution in [3.8, 4) is 0 Å². The van der Waals surface area contributed by atoms with Crippen LogP contribution in [0.1, 0.15) is 17.3 Å². The number of anilines is 2. The normalized spacial score (nSPS) is 12.8. The Kier molecular flexibility index (Phi) is 17.8. The SMILES string of the molecule is CCNCCOOSc1ccc(N=Nc2c(N)c(/N=N\c3ccc(S(=O)(=O)CCOS(=O)(=O)O)cc3)c(N)c(N=Nc3ccc(S(=O)(=O)CCOS(=O)(=O)O)cc3)c2C(=O)O)cc1. The van der Waals surface area contributed by atoms with Crippen LogP contribution in [0.2, 0.25) is 0 Å². The van der Waals surface area contributed by atoms with Gasteiger partial charge in [-0.1, -0.05) is 6.92 Å². The molecule has 0 fully saturated rings. The van der Waals surface area contributed by atoms with Crippen LogP contribution in [-0.4, -0.2) is 98.3 Å². The number of carbonyl (C=O) groups is 1. The molecule has 0 aliphatic carbocycles. The first-order chi connectivity index (χ1) is 29.6. The van der Waals surface area contributed by atoms with Crippen molar-refractivity contribution in [2.75, 3.05) is 55.9 Å². The minimum absolute atomic E-state index is 0.0217. The molecule has 340 valence electrons. The van der Waals surface area contributed by atoms with E-state index in [1.54, 1.807) is 12.1 Å². The second-order valence-electron chi connectivity index (χ2n) is 12.1. The first-order valence-corrected chi connectivity index (χ1v) is 24.3. The molecule has 0 bridgehead atoms. The highest BCUT2D eigenvalue weighted by atomic mass is 32.3. The Hall–Kier alpha value is -5.38. The summed E-state index contributed by atoms with van der Waals surface area (Å²) in [6.45, 7) is 1.88. The third kappa shape index (κ3) is 15.7. The van der Waals surface area contributed by atoms with E-state index in [0.29, 0.717) is 18.0 Å². The second-order valence-corrected chi connectivity index (χ2v) is 19.3. The maximum Gasteiger partial charge on any atom is 0.397 e. The van der Waals surface area contributed by atoms with E-state index < -0.39 is 99.5 Å². The third-order valence-electron chi connectivity index (χ3n) is 7.69. The zero-order valence-corrected chi connectivity index (χ0v) is 36.5. The van der Waals surface area contributed by atoms with Crippen LogP contribution >= 0.6 is 12.0 Å². The number of benzene rings is 4. The Balaban J connectivity index is 1.71. The molecule has 25 nitrogen and oxygen atoms in total. The van der Waals surface area contributed by atoms with Crippen LogP contribution in [0.25, 0.3) is 0 Å². The summed E-state index contributed by atoms with van der Waals surface area (Å²) < 4.78 is 124. The zero-order chi connectivity index (χ0) is 46.4. The van der Waals surface area contributed by atoms with Crippen LogP contribution < -0.4 is 16.8 Å². The number of sulfone groups is 2. The Morgan fingerprint density at radius 1 is 0.619 bits per heavy atom. The smallest absolute Gasteiger partial charge is 0.397 e. The summed E-state index contributed by atoms with van der Waals surface area (Å²) in [5, 5.41) is 37.8. The fraction of sp³-hybridized carbons (Fsp3) is 0.242. The summed E-state index contributed by atoms with van der Waals surface area (Å²) in [5.74, 6) is -3.24. The monoisotopic (exact) mass is 975 g/mol. The first-order valence-electron chi connectivity index (χ1n) is 17.5. The van der Waals surface area contributed by atoms with Crippen LogP contribution in [-0.2, 0) is 58.1 Å². The number of likely N-dealkylation sites (N-methyl/N-ethyl adjacent to an activating group) is 1. The molecule has 0 amide bonds. The number of nitrogen functional groups attached to an aromatic ring is 2. The number of carboxylic acids is 1. The summed E-state index contributed by atoms with van der Waals surface area (Å²) in [5.41, 5.74) is 10.0. The van der Waals surface area contributed by atoms with Crippen LogP contribution in [0.15, 0.2) is 118 Å². The predicted molar refractivity (Wildman–Crippen MR) is 225 cm³/mol. The lowest BCUT2D eigenvalue weighted by Crippen LogP contribution is -2.18. The lowest BCUT2D eigenvalue weighted by molar-refractivity contribution is -0.188. The van der Waals surface area contributed by atoms with Gasteiger partial charge in [-0.05, 0) is 79.3 Å². The van der Waals surface area contributed by atoms with E-state index in [-0.39, 0.29) is 32.5 Å². The number of rotatable bonds is 24. The number of azo groups is 3. The third-order valence-corrected chi connectivity index (χ3v) is 12.6. The Bertz CT molecular complexity index is 2790. The largest absolute Gasteiger partial charge is 0.478 e. The highest BCUT2D eigenvalue weighted by molar-refractivity contribution is 7.94. The van der Waals surface area contributed by atoms with Crippen LogP contribution in [0.4, 0.5) is 45.5 Å².